The minimum atomic E-state index is -3.20. The van der Waals surface area contributed by atoms with Crippen molar-refractivity contribution in [3.63, 3.8) is 0 Å². The number of unbranched alkanes of at least 4 members (excludes halogenated alkanes) is 1. The molecule has 0 spiro atoms. The summed E-state index contributed by atoms with van der Waals surface area (Å²) in [7, 11) is -3.20. The summed E-state index contributed by atoms with van der Waals surface area (Å²) in [6.45, 7) is 3.90. The quantitative estimate of drug-likeness (QED) is 0.803. The summed E-state index contributed by atoms with van der Waals surface area (Å²) < 4.78 is 22.8. The van der Waals surface area contributed by atoms with E-state index in [4.69, 9.17) is 5.73 Å². The van der Waals surface area contributed by atoms with Gasteiger partial charge in [0.15, 0.2) is 9.84 Å². The number of rotatable bonds is 7. The summed E-state index contributed by atoms with van der Waals surface area (Å²) in [5.74, 6) is -0.178. The Balaban J connectivity index is 2.67. The SMILES string of the molecule is CCCC[C@H](N)C(=O)NC(C)c1ccc(S(C)(=O)=O)cc1. The van der Waals surface area contributed by atoms with Crippen molar-refractivity contribution < 1.29 is 13.2 Å². The molecule has 21 heavy (non-hydrogen) atoms. The van der Waals surface area contributed by atoms with Gasteiger partial charge in [0, 0.05) is 6.26 Å². The number of nitrogens with two attached hydrogens (primary N) is 1. The number of nitrogens with one attached hydrogen (secondary N) is 1. The van der Waals surface area contributed by atoms with E-state index >= 15 is 0 Å². The van der Waals surface area contributed by atoms with E-state index in [0.717, 1.165) is 18.4 Å². The van der Waals surface area contributed by atoms with Crippen LogP contribution in [0.3, 0.4) is 0 Å². The van der Waals surface area contributed by atoms with Gasteiger partial charge in [-0.15, -0.1) is 0 Å². The number of amides is 1. The minimum Gasteiger partial charge on any atom is -0.348 e. The molecule has 0 radical (unpaired) electrons. The maximum atomic E-state index is 11.9. The smallest absolute Gasteiger partial charge is 0.237 e. The first-order chi connectivity index (χ1) is 9.75. The van der Waals surface area contributed by atoms with E-state index in [9.17, 15) is 13.2 Å². The van der Waals surface area contributed by atoms with Crippen LogP contribution in [0.15, 0.2) is 29.2 Å². The Hall–Kier alpha value is -1.40. The van der Waals surface area contributed by atoms with E-state index in [2.05, 4.69) is 12.2 Å². The van der Waals surface area contributed by atoms with Crippen LogP contribution in [-0.2, 0) is 14.6 Å². The zero-order valence-electron chi connectivity index (χ0n) is 12.8. The van der Waals surface area contributed by atoms with Crippen molar-refractivity contribution in [2.45, 2.75) is 50.1 Å². The Morgan fingerprint density at radius 1 is 1.29 bits per heavy atom. The summed E-state index contributed by atoms with van der Waals surface area (Å²) in [6.07, 6.45) is 3.76. The molecule has 5 nitrogen and oxygen atoms in total. The fraction of sp³-hybridized carbons (Fsp3) is 0.533. The number of carbonyl (C=O) groups excluding carboxylic acids is 1. The van der Waals surface area contributed by atoms with Crippen LogP contribution in [0.5, 0.6) is 0 Å². The molecule has 1 rings (SSSR count). The Labute approximate surface area is 126 Å². The summed E-state index contributed by atoms with van der Waals surface area (Å²) in [6, 6.07) is 5.80. The highest BCUT2D eigenvalue weighted by Crippen LogP contribution is 2.16. The molecule has 1 amide bonds. The molecule has 2 atom stereocenters. The van der Waals surface area contributed by atoms with Crippen LogP contribution in [0.1, 0.15) is 44.7 Å². The molecule has 0 saturated carbocycles. The van der Waals surface area contributed by atoms with Crippen LogP contribution < -0.4 is 11.1 Å². The van der Waals surface area contributed by atoms with Gasteiger partial charge < -0.3 is 11.1 Å². The fourth-order valence-electron chi connectivity index (χ4n) is 1.96. The zero-order chi connectivity index (χ0) is 16.0. The molecule has 1 unspecified atom stereocenters. The van der Waals surface area contributed by atoms with E-state index < -0.39 is 15.9 Å². The average Bonchev–Trinajstić information content (AvgIpc) is 2.43. The van der Waals surface area contributed by atoms with Crippen LogP contribution in [0, 0.1) is 0 Å². The van der Waals surface area contributed by atoms with Crippen LogP contribution in [0.2, 0.25) is 0 Å². The molecule has 0 aliphatic carbocycles. The third kappa shape index (κ3) is 5.47. The van der Waals surface area contributed by atoms with Crippen LogP contribution in [0.4, 0.5) is 0 Å². The van der Waals surface area contributed by atoms with E-state index in [1.807, 2.05) is 6.92 Å². The molecule has 6 heteroatoms. The molecule has 3 N–H and O–H groups in total. The molecule has 0 fully saturated rings. The Bertz CT molecular complexity index is 567. The second-order valence-electron chi connectivity index (χ2n) is 5.32. The first-order valence-corrected chi connectivity index (χ1v) is 9.00. The molecule has 0 saturated heterocycles. The minimum absolute atomic E-state index is 0.178. The lowest BCUT2D eigenvalue weighted by atomic mass is 10.1. The largest absolute Gasteiger partial charge is 0.348 e. The normalized spacial score (nSPS) is 14.5. The Morgan fingerprint density at radius 3 is 2.33 bits per heavy atom. The van der Waals surface area contributed by atoms with Crippen molar-refractivity contribution in [1.82, 2.24) is 5.32 Å². The second-order valence-corrected chi connectivity index (χ2v) is 7.34. The lowest BCUT2D eigenvalue weighted by molar-refractivity contribution is -0.123. The van der Waals surface area contributed by atoms with Crippen molar-refractivity contribution in [2.75, 3.05) is 6.26 Å². The maximum Gasteiger partial charge on any atom is 0.237 e. The van der Waals surface area contributed by atoms with Crippen molar-refractivity contribution in [3.05, 3.63) is 29.8 Å². The van der Waals surface area contributed by atoms with Gasteiger partial charge in [0.1, 0.15) is 0 Å². The average molecular weight is 312 g/mol. The number of sulfone groups is 1. The summed E-state index contributed by atoms with van der Waals surface area (Å²) in [5.41, 5.74) is 6.67. The lowest BCUT2D eigenvalue weighted by Gasteiger charge is -2.18. The topological polar surface area (TPSA) is 89.3 Å². The van der Waals surface area contributed by atoms with Gasteiger partial charge in [0.05, 0.1) is 17.0 Å². The number of benzene rings is 1. The number of hydrogen-bond acceptors (Lipinski definition) is 4. The molecular weight excluding hydrogens is 288 g/mol. The van der Waals surface area contributed by atoms with Crippen LogP contribution >= 0.6 is 0 Å². The van der Waals surface area contributed by atoms with Gasteiger partial charge >= 0.3 is 0 Å². The molecule has 0 aliphatic heterocycles. The Kier molecular flexibility index (Phi) is 6.36. The van der Waals surface area contributed by atoms with Gasteiger partial charge in [-0.3, -0.25) is 4.79 Å². The molecule has 0 aromatic heterocycles. The summed E-state index contributed by atoms with van der Waals surface area (Å²) >= 11 is 0. The van der Waals surface area contributed by atoms with Crippen molar-refractivity contribution >= 4 is 15.7 Å². The number of carbonyl (C=O) groups is 1. The van der Waals surface area contributed by atoms with Gasteiger partial charge in [-0.1, -0.05) is 31.9 Å². The second kappa shape index (κ2) is 7.56. The van der Waals surface area contributed by atoms with Gasteiger partial charge in [0.2, 0.25) is 5.91 Å². The third-order valence-corrected chi connectivity index (χ3v) is 4.50. The summed E-state index contributed by atoms with van der Waals surface area (Å²) in [4.78, 5) is 12.2. The first-order valence-electron chi connectivity index (χ1n) is 7.11. The summed E-state index contributed by atoms with van der Waals surface area (Å²) in [5, 5.41) is 2.85. The monoisotopic (exact) mass is 312 g/mol. The molecule has 1 aromatic rings. The molecule has 118 valence electrons. The van der Waals surface area contributed by atoms with Crippen molar-refractivity contribution in [1.29, 1.82) is 0 Å². The predicted octanol–water partition coefficient (Wildman–Crippen LogP) is 1.78. The van der Waals surface area contributed by atoms with E-state index in [1.54, 1.807) is 24.3 Å². The van der Waals surface area contributed by atoms with Crippen molar-refractivity contribution in [2.24, 2.45) is 5.73 Å². The van der Waals surface area contributed by atoms with Gasteiger partial charge in [-0.05, 0) is 31.0 Å². The van der Waals surface area contributed by atoms with Crippen molar-refractivity contribution in [3.8, 4) is 0 Å². The highest BCUT2D eigenvalue weighted by Gasteiger charge is 2.16. The first kappa shape index (κ1) is 17.7. The molecule has 0 heterocycles. The van der Waals surface area contributed by atoms with E-state index in [1.165, 1.54) is 6.26 Å². The standard InChI is InChI=1S/C15H24N2O3S/c1-4-5-6-14(16)15(18)17-11(2)12-7-9-13(10-8-12)21(3,19)20/h7-11,14H,4-6,16H2,1-3H3,(H,17,18)/t11?,14-/m0/s1. The van der Waals surface area contributed by atoms with Crippen LogP contribution in [-0.4, -0.2) is 26.6 Å². The molecular formula is C15H24N2O3S. The lowest BCUT2D eigenvalue weighted by Crippen LogP contribution is -2.41. The predicted molar refractivity (Wildman–Crippen MR) is 83.6 cm³/mol. The number of hydrogen-bond donors (Lipinski definition) is 2. The Morgan fingerprint density at radius 2 is 1.86 bits per heavy atom. The molecule has 1 aromatic carbocycles. The molecule has 0 bridgehead atoms. The highest BCUT2D eigenvalue weighted by molar-refractivity contribution is 7.90. The van der Waals surface area contributed by atoms with Gasteiger partial charge in [0.25, 0.3) is 0 Å². The molecule has 0 aliphatic rings. The van der Waals surface area contributed by atoms with Gasteiger partial charge in [-0.25, -0.2) is 8.42 Å². The fourth-order valence-corrected chi connectivity index (χ4v) is 2.59. The zero-order valence-corrected chi connectivity index (χ0v) is 13.6. The van der Waals surface area contributed by atoms with E-state index in [0.29, 0.717) is 6.42 Å². The maximum absolute atomic E-state index is 11.9. The highest BCUT2D eigenvalue weighted by atomic mass is 32.2. The van der Waals surface area contributed by atoms with Gasteiger partial charge in [-0.2, -0.15) is 0 Å². The van der Waals surface area contributed by atoms with E-state index in [-0.39, 0.29) is 16.8 Å². The van der Waals surface area contributed by atoms with Crippen LogP contribution in [0.25, 0.3) is 0 Å². The third-order valence-electron chi connectivity index (χ3n) is 3.37.